The zero-order valence-electron chi connectivity index (χ0n) is 11.8. The van der Waals surface area contributed by atoms with Crippen molar-refractivity contribution in [3.8, 4) is 0 Å². The summed E-state index contributed by atoms with van der Waals surface area (Å²) >= 11 is 0. The molecule has 1 aliphatic rings. The van der Waals surface area contributed by atoms with Crippen molar-refractivity contribution in [1.29, 1.82) is 0 Å². The Kier molecular flexibility index (Phi) is 6.39. The second kappa shape index (κ2) is 7.47. The van der Waals surface area contributed by atoms with E-state index in [0.29, 0.717) is 5.69 Å². The topological polar surface area (TPSA) is 203 Å². The van der Waals surface area contributed by atoms with Crippen molar-refractivity contribution in [3.63, 3.8) is 0 Å². The second-order valence-electron chi connectivity index (χ2n) is 4.69. The molecular formula is C10H17N2O10P. The molecule has 0 aliphatic carbocycles. The summed E-state index contributed by atoms with van der Waals surface area (Å²) in [5.74, 6) is 0. The Morgan fingerprint density at radius 3 is 2.17 bits per heavy atom. The largest absolute Gasteiger partial charge is 0.466 e. The van der Waals surface area contributed by atoms with Gasteiger partial charge >= 0.3 is 13.5 Å². The molecule has 2 rings (SSSR count). The zero-order valence-corrected chi connectivity index (χ0v) is 12.7. The number of H-pyrrole nitrogens is 1. The number of aryl methyl sites for hydroxylation is 1. The number of aromatic amines is 1. The van der Waals surface area contributed by atoms with Crippen molar-refractivity contribution in [2.45, 2.75) is 31.5 Å². The molecule has 1 aliphatic heterocycles. The minimum absolute atomic E-state index is 0.290. The SMILES string of the molecule is Cc1cc(=O)[nH]c(=O)n1[C@@H]1O[C@H](CO)[C@@H](O)[C@H]1O.O=P(O)(O)O. The van der Waals surface area contributed by atoms with Crippen molar-refractivity contribution in [2.24, 2.45) is 0 Å². The van der Waals surface area contributed by atoms with Crippen LogP contribution in [0.5, 0.6) is 0 Å². The minimum atomic E-state index is -4.64. The highest BCUT2D eigenvalue weighted by Crippen LogP contribution is 2.28. The van der Waals surface area contributed by atoms with Crippen molar-refractivity contribution in [1.82, 2.24) is 9.55 Å². The van der Waals surface area contributed by atoms with Gasteiger partial charge in [0.2, 0.25) is 0 Å². The van der Waals surface area contributed by atoms with Gasteiger partial charge in [0, 0.05) is 11.8 Å². The number of ether oxygens (including phenoxy) is 1. The fraction of sp³-hybridized carbons (Fsp3) is 0.600. The quantitative estimate of drug-likeness (QED) is 0.261. The minimum Gasteiger partial charge on any atom is -0.394 e. The van der Waals surface area contributed by atoms with Crippen molar-refractivity contribution >= 4 is 7.82 Å². The van der Waals surface area contributed by atoms with E-state index >= 15 is 0 Å². The number of hydrogen-bond donors (Lipinski definition) is 7. The van der Waals surface area contributed by atoms with Crippen molar-refractivity contribution in [3.05, 3.63) is 32.6 Å². The number of aliphatic hydroxyl groups excluding tert-OH is 3. The summed E-state index contributed by atoms with van der Waals surface area (Å²) in [5.41, 5.74) is -1.01. The van der Waals surface area contributed by atoms with Crippen molar-refractivity contribution in [2.75, 3.05) is 6.61 Å². The number of rotatable bonds is 2. The van der Waals surface area contributed by atoms with Gasteiger partial charge in [-0.3, -0.25) is 14.3 Å². The number of nitrogens with zero attached hydrogens (tertiary/aromatic N) is 1. The van der Waals surface area contributed by atoms with Crippen LogP contribution in [0.4, 0.5) is 0 Å². The van der Waals surface area contributed by atoms with E-state index < -0.39 is 50.2 Å². The predicted molar refractivity (Wildman–Crippen MR) is 73.3 cm³/mol. The molecule has 13 heteroatoms. The fourth-order valence-corrected chi connectivity index (χ4v) is 2.03. The summed E-state index contributed by atoms with van der Waals surface area (Å²) in [6, 6.07) is 1.18. The number of nitrogens with one attached hydrogen (secondary N) is 1. The third kappa shape index (κ3) is 5.34. The van der Waals surface area contributed by atoms with Gasteiger partial charge < -0.3 is 34.7 Å². The number of aliphatic hydroxyl groups is 3. The molecule has 2 heterocycles. The molecule has 0 unspecified atom stereocenters. The van der Waals surface area contributed by atoms with Gasteiger partial charge in [0.25, 0.3) is 5.56 Å². The number of aromatic nitrogens is 2. The first-order valence-corrected chi connectivity index (χ1v) is 7.75. The maximum absolute atomic E-state index is 11.7. The van der Waals surface area contributed by atoms with Gasteiger partial charge in [-0.05, 0) is 6.92 Å². The molecule has 132 valence electrons. The normalized spacial score (nSPS) is 27.4. The van der Waals surface area contributed by atoms with Crippen LogP contribution in [0.15, 0.2) is 15.7 Å². The van der Waals surface area contributed by atoms with Crippen LogP contribution in [0.1, 0.15) is 11.9 Å². The molecule has 23 heavy (non-hydrogen) atoms. The van der Waals surface area contributed by atoms with E-state index in [4.69, 9.17) is 29.1 Å². The Bertz CT molecular complexity index is 685. The summed E-state index contributed by atoms with van der Waals surface area (Å²) < 4.78 is 15.1. The monoisotopic (exact) mass is 356 g/mol. The van der Waals surface area contributed by atoms with Crippen LogP contribution in [0.25, 0.3) is 0 Å². The average molecular weight is 356 g/mol. The van der Waals surface area contributed by atoms with Crippen LogP contribution < -0.4 is 11.2 Å². The molecule has 0 amide bonds. The molecule has 0 aromatic carbocycles. The van der Waals surface area contributed by atoms with Crippen LogP contribution in [-0.2, 0) is 9.30 Å². The van der Waals surface area contributed by atoms with Crippen LogP contribution in [0.2, 0.25) is 0 Å². The Morgan fingerprint density at radius 2 is 1.78 bits per heavy atom. The van der Waals surface area contributed by atoms with E-state index in [1.807, 2.05) is 4.98 Å². The highest BCUT2D eigenvalue weighted by molar-refractivity contribution is 7.45. The molecule has 1 aromatic heterocycles. The van der Waals surface area contributed by atoms with Crippen LogP contribution in [0.3, 0.4) is 0 Å². The van der Waals surface area contributed by atoms with Gasteiger partial charge in [-0.25, -0.2) is 9.36 Å². The molecule has 0 bridgehead atoms. The molecule has 4 atom stereocenters. The molecular weight excluding hydrogens is 339 g/mol. The van der Waals surface area contributed by atoms with Gasteiger partial charge in [0.05, 0.1) is 6.61 Å². The summed E-state index contributed by atoms with van der Waals surface area (Å²) in [4.78, 5) is 46.4. The van der Waals surface area contributed by atoms with Crippen LogP contribution in [0, 0.1) is 6.92 Å². The van der Waals surface area contributed by atoms with Crippen molar-refractivity contribution < 1.29 is 39.3 Å². The van der Waals surface area contributed by atoms with E-state index in [1.54, 1.807) is 0 Å². The van der Waals surface area contributed by atoms with E-state index in [2.05, 4.69) is 0 Å². The average Bonchev–Trinajstić information content (AvgIpc) is 2.64. The lowest BCUT2D eigenvalue weighted by molar-refractivity contribution is -0.0559. The first kappa shape index (κ1) is 19.7. The molecule has 12 nitrogen and oxygen atoms in total. The van der Waals surface area contributed by atoms with Gasteiger partial charge in [0.1, 0.15) is 18.3 Å². The molecule has 0 saturated carbocycles. The Balaban J connectivity index is 0.000000463. The van der Waals surface area contributed by atoms with E-state index in [-0.39, 0.29) is 0 Å². The molecule has 1 saturated heterocycles. The zero-order chi connectivity index (χ0) is 17.9. The molecule has 0 spiro atoms. The first-order chi connectivity index (χ1) is 10.5. The van der Waals surface area contributed by atoms with Crippen LogP contribution in [-0.4, -0.2) is 64.5 Å². The Hall–Kier alpha value is -1.37. The maximum atomic E-state index is 11.7. The summed E-state index contributed by atoms with van der Waals surface area (Å²) in [5, 5.41) is 28.4. The lowest BCUT2D eigenvalue weighted by atomic mass is 10.1. The van der Waals surface area contributed by atoms with E-state index in [1.165, 1.54) is 13.0 Å². The Morgan fingerprint density at radius 1 is 1.26 bits per heavy atom. The van der Waals surface area contributed by atoms with E-state index in [9.17, 15) is 19.8 Å². The lowest BCUT2D eigenvalue weighted by Crippen LogP contribution is -2.39. The summed E-state index contributed by atoms with van der Waals surface area (Å²) in [6.07, 6.45) is -4.76. The van der Waals surface area contributed by atoms with E-state index in [0.717, 1.165) is 4.57 Å². The fourth-order valence-electron chi connectivity index (χ4n) is 2.03. The number of hydrogen-bond acceptors (Lipinski definition) is 7. The standard InChI is InChI=1S/C10H14N2O6.H3O4P/c1-4-2-6(14)11-10(17)12(4)9-8(16)7(15)5(3-13)18-9;1-5(2,3)4/h2,5,7-9,13,15-16H,3H2,1H3,(H,11,14,17);(H3,1,2,3,4)/t5-,7-,8-,9-;/m1./s1. The molecule has 1 fully saturated rings. The van der Waals surface area contributed by atoms with Crippen LogP contribution >= 0.6 is 7.82 Å². The summed E-state index contributed by atoms with van der Waals surface area (Å²) in [6.45, 7) is 1.03. The smallest absolute Gasteiger partial charge is 0.394 e. The highest BCUT2D eigenvalue weighted by atomic mass is 31.2. The lowest BCUT2D eigenvalue weighted by Gasteiger charge is -2.19. The Labute approximate surface area is 128 Å². The molecule has 0 radical (unpaired) electrons. The molecule has 7 N–H and O–H groups in total. The number of phosphoric acid groups is 1. The molecule has 1 aromatic rings. The third-order valence-electron chi connectivity index (χ3n) is 2.94. The maximum Gasteiger partial charge on any atom is 0.466 e. The van der Waals surface area contributed by atoms with Gasteiger partial charge in [0.15, 0.2) is 6.23 Å². The van der Waals surface area contributed by atoms with Gasteiger partial charge in [-0.1, -0.05) is 0 Å². The first-order valence-electron chi connectivity index (χ1n) is 6.19. The third-order valence-corrected chi connectivity index (χ3v) is 2.94. The second-order valence-corrected chi connectivity index (χ2v) is 5.72. The van der Waals surface area contributed by atoms with Gasteiger partial charge in [-0.2, -0.15) is 0 Å². The van der Waals surface area contributed by atoms with Gasteiger partial charge in [-0.15, -0.1) is 0 Å². The highest BCUT2D eigenvalue weighted by Gasteiger charge is 2.44. The predicted octanol–water partition coefficient (Wildman–Crippen LogP) is -3.47. The summed E-state index contributed by atoms with van der Waals surface area (Å²) in [7, 11) is -4.64.